The van der Waals surface area contributed by atoms with Crippen LogP contribution in [-0.2, 0) is 4.74 Å². The Hall–Kier alpha value is -1.80. The number of anilines is 1. The van der Waals surface area contributed by atoms with Crippen LogP contribution in [0, 0.1) is 0 Å². The van der Waals surface area contributed by atoms with E-state index in [1.807, 2.05) is 6.07 Å². The minimum Gasteiger partial charge on any atom is -0.382 e. The Morgan fingerprint density at radius 1 is 0.941 bits per heavy atom. The highest BCUT2D eigenvalue weighted by Gasteiger charge is 2.19. The fourth-order valence-corrected chi connectivity index (χ4v) is 2.24. The highest BCUT2D eigenvalue weighted by atomic mass is 16.5. The van der Waals surface area contributed by atoms with Gasteiger partial charge in [0.15, 0.2) is 0 Å². The van der Waals surface area contributed by atoms with Gasteiger partial charge in [-0.1, -0.05) is 48.5 Å². The van der Waals surface area contributed by atoms with Crippen LogP contribution in [0.25, 0.3) is 0 Å². The zero-order chi connectivity index (χ0) is 11.5. The molecule has 0 aliphatic carbocycles. The van der Waals surface area contributed by atoms with E-state index in [0.29, 0.717) is 0 Å². The molecule has 1 heterocycles. The van der Waals surface area contributed by atoms with Crippen LogP contribution in [0.5, 0.6) is 0 Å². The minimum absolute atomic E-state index is 0.0439. The molecule has 2 nitrogen and oxygen atoms in total. The van der Waals surface area contributed by atoms with Crippen LogP contribution in [-0.4, -0.2) is 13.2 Å². The molecule has 0 spiro atoms. The van der Waals surface area contributed by atoms with Crippen LogP contribution in [0.4, 0.5) is 5.69 Å². The van der Waals surface area contributed by atoms with Crippen molar-refractivity contribution in [3.8, 4) is 0 Å². The first-order chi connectivity index (χ1) is 8.45. The topological polar surface area (TPSA) is 21.3 Å². The van der Waals surface area contributed by atoms with Gasteiger partial charge in [-0.3, -0.25) is 0 Å². The number of nitrogens with one attached hydrogen (secondary N) is 1. The summed E-state index contributed by atoms with van der Waals surface area (Å²) in [6.07, 6.45) is 0.0439. The summed E-state index contributed by atoms with van der Waals surface area (Å²) in [5.41, 5.74) is 3.61. The van der Waals surface area contributed by atoms with E-state index in [-0.39, 0.29) is 6.10 Å². The van der Waals surface area contributed by atoms with Crippen LogP contribution in [0.1, 0.15) is 17.2 Å². The molecule has 0 fully saturated rings. The molecule has 1 atom stereocenters. The molecule has 0 amide bonds. The van der Waals surface area contributed by atoms with E-state index in [0.717, 1.165) is 13.2 Å². The SMILES string of the molecule is c1ccc(C2OCCNc3ccccc32)cc1. The highest BCUT2D eigenvalue weighted by Crippen LogP contribution is 2.32. The normalized spacial score (nSPS) is 18.9. The van der Waals surface area contributed by atoms with Crippen LogP contribution < -0.4 is 5.32 Å². The first-order valence-electron chi connectivity index (χ1n) is 5.94. The van der Waals surface area contributed by atoms with Crippen molar-refractivity contribution in [1.82, 2.24) is 0 Å². The van der Waals surface area contributed by atoms with Gasteiger partial charge >= 0.3 is 0 Å². The van der Waals surface area contributed by atoms with Crippen LogP contribution in [0.15, 0.2) is 54.6 Å². The second-order valence-electron chi connectivity index (χ2n) is 4.18. The maximum absolute atomic E-state index is 5.95. The van der Waals surface area contributed by atoms with Gasteiger partial charge in [-0.2, -0.15) is 0 Å². The van der Waals surface area contributed by atoms with E-state index in [1.54, 1.807) is 0 Å². The predicted octanol–water partition coefficient (Wildman–Crippen LogP) is 3.22. The molecular formula is C15H15NO. The second-order valence-corrected chi connectivity index (χ2v) is 4.18. The van der Waals surface area contributed by atoms with Gasteiger partial charge in [0.1, 0.15) is 6.10 Å². The van der Waals surface area contributed by atoms with Crippen LogP contribution in [0.3, 0.4) is 0 Å². The monoisotopic (exact) mass is 225 g/mol. The van der Waals surface area contributed by atoms with Crippen LogP contribution >= 0.6 is 0 Å². The molecule has 1 N–H and O–H groups in total. The molecule has 86 valence electrons. The summed E-state index contributed by atoms with van der Waals surface area (Å²) in [4.78, 5) is 0. The van der Waals surface area contributed by atoms with Crippen LogP contribution in [0.2, 0.25) is 0 Å². The molecule has 0 aromatic heterocycles. The zero-order valence-electron chi connectivity index (χ0n) is 9.60. The number of ether oxygens (including phenoxy) is 1. The Labute approximate surface area is 101 Å². The number of para-hydroxylation sites is 1. The van der Waals surface area contributed by atoms with E-state index in [9.17, 15) is 0 Å². The third-order valence-corrected chi connectivity index (χ3v) is 3.05. The minimum atomic E-state index is 0.0439. The smallest absolute Gasteiger partial charge is 0.110 e. The number of hydrogen-bond donors (Lipinski definition) is 1. The molecule has 17 heavy (non-hydrogen) atoms. The van der Waals surface area contributed by atoms with Gasteiger partial charge in [0.2, 0.25) is 0 Å². The highest BCUT2D eigenvalue weighted by molar-refractivity contribution is 5.55. The molecule has 0 saturated carbocycles. The standard InChI is InChI=1S/C15H15NO/c1-2-6-12(7-3-1)15-13-8-4-5-9-14(13)16-10-11-17-15/h1-9,15-16H,10-11H2. The van der Waals surface area contributed by atoms with Gasteiger partial charge in [-0.05, 0) is 11.6 Å². The lowest BCUT2D eigenvalue weighted by atomic mass is 10.00. The van der Waals surface area contributed by atoms with E-state index in [1.165, 1.54) is 16.8 Å². The molecule has 3 rings (SSSR count). The number of hydrogen-bond acceptors (Lipinski definition) is 2. The summed E-state index contributed by atoms with van der Waals surface area (Å²) in [6.45, 7) is 1.59. The first-order valence-corrected chi connectivity index (χ1v) is 5.94. The van der Waals surface area contributed by atoms with Crippen molar-refractivity contribution in [1.29, 1.82) is 0 Å². The molecule has 1 aliphatic rings. The molecular weight excluding hydrogens is 210 g/mol. The Bertz CT molecular complexity index is 495. The maximum atomic E-state index is 5.95. The summed E-state index contributed by atoms with van der Waals surface area (Å²) in [7, 11) is 0. The van der Waals surface area contributed by atoms with E-state index in [2.05, 4.69) is 53.8 Å². The molecule has 1 aliphatic heterocycles. The average Bonchev–Trinajstić information content (AvgIpc) is 2.62. The molecule has 2 heteroatoms. The first kappa shape index (κ1) is 10.4. The second kappa shape index (κ2) is 4.60. The van der Waals surface area contributed by atoms with Gasteiger partial charge < -0.3 is 10.1 Å². The summed E-state index contributed by atoms with van der Waals surface area (Å²) >= 11 is 0. The molecule has 0 bridgehead atoms. The Balaban J connectivity index is 2.06. The third-order valence-electron chi connectivity index (χ3n) is 3.05. The molecule has 2 aromatic rings. The lowest BCUT2D eigenvalue weighted by molar-refractivity contribution is 0.0925. The zero-order valence-corrected chi connectivity index (χ0v) is 9.60. The fourth-order valence-electron chi connectivity index (χ4n) is 2.24. The number of benzene rings is 2. The van der Waals surface area contributed by atoms with Crippen molar-refractivity contribution in [2.24, 2.45) is 0 Å². The summed E-state index contributed by atoms with van der Waals surface area (Å²) in [5.74, 6) is 0. The van der Waals surface area contributed by atoms with Gasteiger partial charge in [-0.25, -0.2) is 0 Å². The Morgan fingerprint density at radius 2 is 1.71 bits per heavy atom. The van der Waals surface area contributed by atoms with Crippen molar-refractivity contribution in [2.75, 3.05) is 18.5 Å². The number of fused-ring (bicyclic) bond motifs is 1. The van der Waals surface area contributed by atoms with Crippen molar-refractivity contribution >= 4 is 5.69 Å². The molecule has 0 saturated heterocycles. The maximum Gasteiger partial charge on any atom is 0.110 e. The quantitative estimate of drug-likeness (QED) is 0.804. The van der Waals surface area contributed by atoms with Crippen molar-refractivity contribution in [2.45, 2.75) is 6.10 Å². The average molecular weight is 225 g/mol. The predicted molar refractivity (Wildman–Crippen MR) is 69.2 cm³/mol. The van der Waals surface area contributed by atoms with E-state index in [4.69, 9.17) is 4.74 Å². The van der Waals surface area contributed by atoms with Gasteiger partial charge in [0.05, 0.1) is 6.61 Å². The van der Waals surface area contributed by atoms with E-state index >= 15 is 0 Å². The largest absolute Gasteiger partial charge is 0.382 e. The van der Waals surface area contributed by atoms with Crippen molar-refractivity contribution < 1.29 is 4.74 Å². The number of rotatable bonds is 1. The fraction of sp³-hybridized carbons (Fsp3) is 0.200. The lowest BCUT2D eigenvalue weighted by Gasteiger charge is -2.17. The molecule has 1 unspecified atom stereocenters. The summed E-state index contributed by atoms with van der Waals surface area (Å²) < 4.78 is 5.95. The summed E-state index contributed by atoms with van der Waals surface area (Å²) in [6, 6.07) is 18.7. The van der Waals surface area contributed by atoms with Gasteiger partial charge in [-0.15, -0.1) is 0 Å². The Kier molecular flexibility index (Phi) is 2.80. The van der Waals surface area contributed by atoms with Crippen molar-refractivity contribution in [3.05, 3.63) is 65.7 Å². The van der Waals surface area contributed by atoms with Gasteiger partial charge in [0, 0.05) is 17.8 Å². The van der Waals surface area contributed by atoms with Crippen molar-refractivity contribution in [3.63, 3.8) is 0 Å². The molecule has 0 radical (unpaired) electrons. The van der Waals surface area contributed by atoms with E-state index < -0.39 is 0 Å². The lowest BCUT2D eigenvalue weighted by Crippen LogP contribution is -2.07. The molecule has 2 aromatic carbocycles. The Morgan fingerprint density at radius 3 is 2.59 bits per heavy atom. The summed E-state index contributed by atoms with van der Waals surface area (Å²) in [5, 5.41) is 3.40. The third kappa shape index (κ3) is 2.04. The van der Waals surface area contributed by atoms with Gasteiger partial charge in [0.25, 0.3) is 0 Å².